The molecule has 0 bridgehead atoms. The van der Waals surface area contributed by atoms with Crippen LogP contribution in [-0.4, -0.2) is 15.6 Å². The van der Waals surface area contributed by atoms with Crippen molar-refractivity contribution in [3.8, 4) is 0 Å². The summed E-state index contributed by atoms with van der Waals surface area (Å²) < 4.78 is 15.2. The molecule has 0 spiro atoms. The van der Waals surface area contributed by atoms with Crippen molar-refractivity contribution in [2.24, 2.45) is 5.73 Å². The summed E-state index contributed by atoms with van der Waals surface area (Å²) in [7, 11) is 0. The zero-order valence-corrected chi connectivity index (χ0v) is 12.0. The number of aromatic nitrogens is 2. The number of hydrogen-bond donors (Lipinski definition) is 1. The Morgan fingerprint density at radius 1 is 1.24 bits per heavy atom. The fourth-order valence-corrected chi connectivity index (χ4v) is 2.64. The molecule has 3 nitrogen and oxygen atoms in total. The minimum atomic E-state index is -0.203. The summed E-state index contributed by atoms with van der Waals surface area (Å²) in [6, 6.07) is 12.8. The van der Waals surface area contributed by atoms with Gasteiger partial charge in [-0.15, -0.1) is 0 Å². The van der Waals surface area contributed by atoms with Crippen LogP contribution in [0.15, 0.2) is 48.8 Å². The molecule has 0 aliphatic heterocycles. The first-order valence-electron chi connectivity index (χ1n) is 7.04. The third-order valence-corrected chi connectivity index (χ3v) is 3.75. The molecular formula is C17H18FN3. The number of nitrogens with two attached hydrogens (primary N) is 1. The maximum absolute atomic E-state index is 13.1. The van der Waals surface area contributed by atoms with Crippen molar-refractivity contribution >= 4 is 11.0 Å². The average Bonchev–Trinajstić information content (AvgIpc) is 2.85. The van der Waals surface area contributed by atoms with E-state index in [1.54, 1.807) is 6.07 Å². The second kappa shape index (κ2) is 5.66. The zero-order chi connectivity index (χ0) is 14.8. The van der Waals surface area contributed by atoms with E-state index in [4.69, 9.17) is 5.73 Å². The van der Waals surface area contributed by atoms with E-state index in [1.165, 1.54) is 6.07 Å². The third-order valence-electron chi connectivity index (χ3n) is 3.75. The van der Waals surface area contributed by atoms with Gasteiger partial charge in [-0.2, -0.15) is 0 Å². The van der Waals surface area contributed by atoms with Crippen LogP contribution in [0.4, 0.5) is 4.39 Å². The van der Waals surface area contributed by atoms with E-state index in [0.29, 0.717) is 6.54 Å². The predicted molar refractivity (Wildman–Crippen MR) is 82.5 cm³/mol. The van der Waals surface area contributed by atoms with Gasteiger partial charge in [0.05, 0.1) is 17.4 Å². The molecule has 0 aliphatic carbocycles. The van der Waals surface area contributed by atoms with Crippen molar-refractivity contribution in [1.29, 1.82) is 0 Å². The van der Waals surface area contributed by atoms with Gasteiger partial charge in [0.25, 0.3) is 0 Å². The molecule has 2 aromatic carbocycles. The first-order valence-corrected chi connectivity index (χ1v) is 7.04. The van der Waals surface area contributed by atoms with Crippen LogP contribution in [0.5, 0.6) is 0 Å². The molecular weight excluding hydrogens is 265 g/mol. The van der Waals surface area contributed by atoms with Gasteiger partial charge in [-0.3, -0.25) is 0 Å². The van der Waals surface area contributed by atoms with Crippen LogP contribution in [0.2, 0.25) is 0 Å². The van der Waals surface area contributed by atoms with Crippen LogP contribution in [0.3, 0.4) is 0 Å². The molecule has 1 unspecified atom stereocenters. The Morgan fingerprint density at radius 2 is 2.05 bits per heavy atom. The molecule has 0 saturated carbocycles. The second-order valence-corrected chi connectivity index (χ2v) is 5.42. The molecule has 21 heavy (non-hydrogen) atoms. The number of halogens is 1. The number of imidazole rings is 1. The van der Waals surface area contributed by atoms with Crippen molar-refractivity contribution in [3.05, 3.63) is 65.7 Å². The lowest BCUT2D eigenvalue weighted by atomic mass is 10.0. The molecule has 2 N–H and O–H groups in total. The minimum absolute atomic E-state index is 0.0354. The summed E-state index contributed by atoms with van der Waals surface area (Å²) in [5.41, 5.74) is 10.4. The van der Waals surface area contributed by atoms with Crippen LogP contribution >= 0.6 is 0 Å². The normalized spacial score (nSPS) is 12.7. The Balaban J connectivity index is 1.75. The standard InChI is InChI=1S/C17H18FN3/c1-12-8-14(18)7-6-13(12)9-15(19)10-21-11-20-16-4-2-3-5-17(16)21/h2-8,11,15H,9-10,19H2,1H3. The largest absolute Gasteiger partial charge is 0.329 e. The molecule has 3 rings (SSSR count). The molecule has 1 aromatic heterocycles. The summed E-state index contributed by atoms with van der Waals surface area (Å²) in [5, 5.41) is 0. The summed E-state index contributed by atoms with van der Waals surface area (Å²) in [5.74, 6) is -0.203. The van der Waals surface area contributed by atoms with Gasteiger partial charge in [0.1, 0.15) is 5.82 Å². The quantitative estimate of drug-likeness (QED) is 0.799. The highest BCUT2D eigenvalue weighted by Gasteiger charge is 2.10. The molecule has 4 heteroatoms. The van der Waals surface area contributed by atoms with E-state index in [-0.39, 0.29) is 11.9 Å². The summed E-state index contributed by atoms with van der Waals surface area (Å²) in [4.78, 5) is 4.37. The van der Waals surface area contributed by atoms with Crippen LogP contribution in [0, 0.1) is 12.7 Å². The summed E-state index contributed by atoms with van der Waals surface area (Å²) >= 11 is 0. The van der Waals surface area contributed by atoms with Gasteiger partial charge < -0.3 is 10.3 Å². The Kier molecular flexibility index (Phi) is 3.71. The average molecular weight is 283 g/mol. The van der Waals surface area contributed by atoms with Gasteiger partial charge in [-0.25, -0.2) is 9.37 Å². The fraction of sp³-hybridized carbons (Fsp3) is 0.235. The van der Waals surface area contributed by atoms with E-state index in [1.807, 2.05) is 43.6 Å². The van der Waals surface area contributed by atoms with Gasteiger partial charge in [-0.05, 0) is 48.7 Å². The number of aryl methyl sites for hydroxylation is 1. The maximum Gasteiger partial charge on any atom is 0.123 e. The topological polar surface area (TPSA) is 43.8 Å². The predicted octanol–water partition coefficient (Wildman–Crippen LogP) is 3.05. The molecule has 3 aromatic rings. The Labute approximate surface area is 123 Å². The van der Waals surface area contributed by atoms with E-state index >= 15 is 0 Å². The highest BCUT2D eigenvalue weighted by atomic mass is 19.1. The van der Waals surface area contributed by atoms with Crippen molar-refractivity contribution < 1.29 is 4.39 Å². The van der Waals surface area contributed by atoms with E-state index in [9.17, 15) is 4.39 Å². The van der Waals surface area contributed by atoms with Crippen LogP contribution in [-0.2, 0) is 13.0 Å². The highest BCUT2D eigenvalue weighted by molar-refractivity contribution is 5.74. The second-order valence-electron chi connectivity index (χ2n) is 5.42. The van der Waals surface area contributed by atoms with Crippen molar-refractivity contribution in [2.75, 3.05) is 0 Å². The van der Waals surface area contributed by atoms with Gasteiger partial charge in [-0.1, -0.05) is 18.2 Å². The maximum atomic E-state index is 13.1. The smallest absolute Gasteiger partial charge is 0.123 e. The SMILES string of the molecule is Cc1cc(F)ccc1CC(N)Cn1cnc2ccccc21. The van der Waals surface area contributed by atoms with Crippen LogP contribution in [0.25, 0.3) is 11.0 Å². The van der Waals surface area contributed by atoms with E-state index in [0.717, 1.165) is 28.6 Å². The van der Waals surface area contributed by atoms with Gasteiger partial charge in [0.2, 0.25) is 0 Å². The van der Waals surface area contributed by atoms with Gasteiger partial charge >= 0.3 is 0 Å². The summed E-state index contributed by atoms with van der Waals surface area (Å²) in [6.45, 7) is 2.61. The highest BCUT2D eigenvalue weighted by Crippen LogP contribution is 2.15. The molecule has 0 aliphatic rings. The van der Waals surface area contributed by atoms with Crippen LogP contribution in [0.1, 0.15) is 11.1 Å². The van der Waals surface area contributed by atoms with Crippen molar-refractivity contribution in [1.82, 2.24) is 9.55 Å². The molecule has 1 atom stereocenters. The van der Waals surface area contributed by atoms with Crippen molar-refractivity contribution in [2.45, 2.75) is 25.9 Å². The van der Waals surface area contributed by atoms with Gasteiger partial charge in [0, 0.05) is 12.6 Å². The third kappa shape index (κ3) is 2.95. The Hall–Kier alpha value is -2.20. The number of fused-ring (bicyclic) bond motifs is 1. The molecule has 0 radical (unpaired) electrons. The first kappa shape index (κ1) is 13.8. The number of para-hydroxylation sites is 2. The monoisotopic (exact) mass is 283 g/mol. The fourth-order valence-electron chi connectivity index (χ4n) is 2.64. The van der Waals surface area contributed by atoms with Gasteiger partial charge in [0.15, 0.2) is 0 Å². The Bertz CT molecular complexity index is 764. The van der Waals surface area contributed by atoms with Crippen LogP contribution < -0.4 is 5.73 Å². The molecule has 0 fully saturated rings. The van der Waals surface area contributed by atoms with Crippen molar-refractivity contribution in [3.63, 3.8) is 0 Å². The Morgan fingerprint density at radius 3 is 2.86 bits per heavy atom. The number of hydrogen-bond acceptors (Lipinski definition) is 2. The molecule has 0 saturated heterocycles. The lowest BCUT2D eigenvalue weighted by Crippen LogP contribution is -2.28. The lowest BCUT2D eigenvalue weighted by Gasteiger charge is -2.15. The molecule has 108 valence electrons. The zero-order valence-electron chi connectivity index (χ0n) is 12.0. The molecule has 1 heterocycles. The minimum Gasteiger partial charge on any atom is -0.329 e. The lowest BCUT2D eigenvalue weighted by molar-refractivity contribution is 0.557. The number of nitrogens with zero attached hydrogens (tertiary/aromatic N) is 2. The first-order chi connectivity index (χ1) is 10.1. The summed E-state index contributed by atoms with van der Waals surface area (Å²) in [6.07, 6.45) is 2.54. The van der Waals surface area contributed by atoms with E-state index < -0.39 is 0 Å². The number of rotatable bonds is 4. The van der Waals surface area contributed by atoms with E-state index in [2.05, 4.69) is 9.55 Å². The number of benzene rings is 2. The molecule has 0 amide bonds.